The van der Waals surface area contributed by atoms with E-state index in [0.29, 0.717) is 6.04 Å². The molecule has 0 radical (unpaired) electrons. The van der Waals surface area contributed by atoms with Gasteiger partial charge in [0, 0.05) is 6.04 Å². The van der Waals surface area contributed by atoms with Crippen molar-refractivity contribution in [2.24, 2.45) is 5.73 Å². The predicted octanol–water partition coefficient (Wildman–Crippen LogP) is 9.27. The predicted molar refractivity (Wildman–Crippen MR) is 130 cm³/mol. The van der Waals surface area contributed by atoms with Crippen molar-refractivity contribution in [3.8, 4) is 0 Å². The molecule has 0 bridgehead atoms. The number of rotatable bonds is 22. The van der Waals surface area contributed by atoms with Gasteiger partial charge in [-0.05, 0) is 44.9 Å². The van der Waals surface area contributed by atoms with Gasteiger partial charge in [0.2, 0.25) is 0 Å². The van der Waals surface area contributed by atoms with Crippen LogP contribution in [0.2, 0.25) is 0 Å². The highest BCUT2D eigenvalue weighted by molar-refractivity contribution is 4.92. The van der Waals surface area contributed by atoms with Gasteiger partial charge in [0.1, 0.15) is 0 Å². The van der Waals surface area contributed by atoms with Crippen LogP contribution in [0.15, 0.2) is 24.3 Å². The van der Waals surface area contributed by atoms with E-state index in [1.165, 1.54) is 122 Å². The molecular weight excluding hydrogens is 338 g/mol. The van der Waals surface area contributed by atoms with Gasteiger partial charge in [0.15, 0.2) is 0 Å². The first-order chi connectivity index (χ1) is 13.8. The third-order valence-electron chi connectivity index (χ3n) is 5.70. The van der Waals surface area contributed by atoms with Gasteiger partial charge >= 0.3 is 0 Å². The summed E-state index contributed by atoms with van der Waals surface area (Å²) in [6.07, 6.45) is 36.1. The molecule has 0 saturated carbocycles. The quantitative estimate of drug-likeness (QED) is 0.144. The first kappa shape index (κ1) is 27.4. The first-order valence-corrected chi connectivity index (χ1v) is 12.9. The zero-order valence-corrected chi connectivity index (χ0v) is 19.6. The first-order valence-electron chi connectivity index (χ1n) is 12.9. The van der Waals surface area contributed by atoms with Crippen molar-refractivity contribution in [3.63, 3.8) is 0 Å². The summed E-state index contributed by atoms with van der Waals surface area (Å²) in [6, 6.07) is 0.452. The zero-order chi connectivity index (χ0) is 20.5. The fraction of sp³-hybridized carbons (Fsp3) is 0.852. The Kier molecular flexibility index (Phi) is 24.0. The van der Waals surface area contributed by atoms with Crippen LogP contribution in [0.5, 0.6) is 0 Å². The molecule has 0 aromatic rings. The minimum Gasteiger partial charge on any atom is -0.328 e. The standard InChI is InChI=1S/C27H53N/c1-3-5-7-9-11-12-13-14-15-16-17-18-20-22-24-26-27(28)25-23-21-19-10-8-6-4-2/h11-12,14-15,27H,3-10,13,16-26,28H2,1-2H3. The van der Waals surface area contributed by atoms with Gasteiger partial charge < -0.3 is 5.73 Å². The van der Waals surface area contributed by atoms with Crippen molar-refractivity contribution in [1.82, 2.24) is 0 Å². The largest absolute Gasteiger partial charge is 0.328 e. The van der Waals surface area contributed by atoms with Crippen molar-refractivity contribution < 1.29 is 0 Å². The smallest absolute Gasteiger partial charge is 0.00388 e. The van der Waals surface area contributed by atoms with E-state index in [9.17, 15) is 0 Å². The summed E-state index contributed by atoms with van der Waals surface area (Å²) in [5, 5.41) is 0. The van der Waals surface area contributed by atoms with E-state index in [1.807, 2.05) is 0 Å². The third-order valence-corrected chi connectivity index (χ3v) is 5.70. The highest BCUT2D eigenvalue weighted by atomic mass is 14.6. The summed E-state index contributed by atoms with van der Waals surface area (Å²) in [7, 11) is 0. The highest BCUT2D eigenvalue weighted by Crippen LogP contribution is 2.13. The Morgan fingerprint density at radius 2 is 0.893 bits per heavy atom. The molecule has 1 unspecified atom stereocenters. The molecule has 0 aliphatic carbocycles. The fourth-order valence-electron chi connectivity index (χ4n) is 3.73. The Labute approximate surface area is 178 Å². The summed E-state index contributed by atoms with van der Waals surface area (Å²) in [6.45, 7) is 4.55. The lowest BCUT2D eigenvalue weighted by atomic mass is 10.0. The Balaban J connectivity index is 3.24. The van der Waals surface area contributed by atoms with Gasteiger partial charge in [0.25, 0.3) is 0 Å². The molecule has 0 aromatic carbocycles. The van der Waals surface area contributed by atoms with Crippen LogP contribution >= 0.6 is 0 Å². The number of hydrogen-bond donors (Lipinski definition) is 1. The molecule has 0 aliphatic heterocycles. The van der Waals surface area contributed by atoms with E-state index in [0.717, 1.165) is 6.42 Å². The van der Waals surface area contributed by atoms with E-state index >= 15 is 0 Å². The van der Waals surface area contributed by atoms with E-state index in [1.54, 1.807) is 0 Å². The molecule has 2 N–H and O–H groups in total. The average Bonchev–Trinajstić information content (AvgIpc) is 2.70. The molecule has 0 rings (SSSR count). The van der Waals surface area contributed by atoms with Crippen molar-refractivity contribution in [3.05, 3.63) is 24.3 Å². The van der Waals surface area contributed by atoms with Crippen LogP contribution < -0.4 is 5.73 Å². The summed E-state index contributed by atoms with van der Waals surface area (Å²) in [5.74, 6) is 0. The lowest BCUT2D eigenvalue weighted by Gasteiger charge is -2.11. The molecule has 0 heterocycles. The monoisotopic (exact) mass is 391 g/mol. The molecule has 1 heteroatoms. The Morgan fingerprint density at radius 1 is 0.500 bits per heavy atom. The number of unbranched alkanes of at least 4 members (excludes halogenated alkanes) is 14. The topological polar surface area (TPSA) is 26.0 Å². The molecule has 28 heavy (non-hydrogen) atoms. The van der Waals surface area contributed by atoms with Crippen LogP contribution in [-0.2, 0) is 0 Å². The zero-order valence-electron chi connectivity index (χ0n) is 19.6. The molecule has 0 aromatic heterocycles. The van der Waals surface area contributed by atoms with Crippen molar-refractivity contribution in [2.45, 2.75) is 148 Å². The Morgan fingerprint density at radius 3 is 1.43 bits per heavy atom. The highest BCUT2D eigenvalue weighted by Gasteiger charge is 2.02. The number of allylic oxidation sites excluding steroid dienone is 4. The summed E-state index contributed by atoms with van der Waals surface area (Å²) in [4.78, 5) is 0. The number of nitrogens with two attached hydrogens (primary N) is 1. The van der Waals surface area contributed by atoms with Gasteiger partial charge in [-0.25, -0.2) is 0 Å². The maximum absolute atomic E-state index is 6.28. The molecule has 166 valence electrons. The minimum atomic E-state index is 0.452. The van der Waals surface area contributed by atoms with E-state index in [-0.39, 0.29) is 0 Å². The summed E-state index contributed by atoms with van der Waals surface area (Å²) in [5.41, 5.74) is 6.28. The van der Waals surface area contributed by atoms with Crippen LogP contribution in [0.25, 0.3) is 0 Å². The van der Waals surface area contributed by atoms with Crippen LogP contribution in [0.3, 0.4) is 0 Å². The summed E-state index contributed by atoms with van der Waals surface area (Å²) < 4.78 is 0. The molecule has 1 atom stereocenters. The molecule has 0 amide bonds. The number of hydrogen-bond acceptors (Lipinski definition) is 1. The fourth-order valence-corrected chi connectivity index (χ4v) is 3.73. The maximum Gasteiger partial charge on any atom is 0.00388 e. The van der Waals surface area contributed by atoms with Crippen LogP contribution in [-0.4, -0.2) is 6.04 Å². The molecule has 0 fully saturated rings. The van der Waals surface area contributed by atoms with Gasteiger partial charge in [-0.2, -0.15) is 0 Å². The van der Waals surface area contributed by atoms with Gasteiger partial charge in [0.05, 0.1) is 0 Å². The second-order valence-corrected chi connectivity index (χ2v) is 8.69. The van der Waals surface area contributed by atoms with Gasteiger partial charge in [-0.15, -0.1) is 0 Å². The van der Waals surface area contributed by atoms with Crippen molar-refractivity contribution >= 4 is 0 Å². The second-order valence-electron chi connectivity index (χ2n) is 8.69. The van der Waals surface area contributed by atoms with Gasteiger partial charge in [-0.3, -0.25) is 0 Å². The summed E-state index contributed by atoms with van der Waals surface area (Å²) >= 11 is 0. The van der Waals surface area contributed by atoms with E-state index in [2.05, 4.69) is 38.2 Å². The lowest BCUT2D eigenvalue weighted by Crippen LogP contribution is -2.19. The van der Waals surface area contributed by atoms with Gasteiger partial charge in [-0.1, -0.05) is 122 Å². The Hall–Kier alpha value is -0.560. The van der Waals surface area contributed by atoms with Crippen LogP contribution in [0.1, 0.15) is 142 Å². The average molecular weight is 392 g/mol. The molecule has 0 spiro atoms. The second kappa shape index (κ2) is 24.5. The molecule has 0 saturated heterocycles. The SMILES string of the molecule is CCCCCC=CCC=CCCCCCCCC(N)CCCCCCCCC. The third kappa shape index (κ3) is 23.5. The minimum absolute atomic E-state index is 0.452. The van der Waals surface area contributed by atoms with Crippen molar-refractivity contribution in [1.29, 1.82) is 0 Å². The maximum atomic E-state index is 6.28. The van der Waals surface area contributed by atoms with E-state index < -0.39 is 0 Å². The molecule has 1 nitrogen and oxygen atoms in total. The van der Waals surface area contributed by atoms with Crippen LogP contribution in [0.4, 0.5) is 0 Å². The lowest BCUT2D eigenvalue weighted by molar-refractivity contribution is 0.483. The van der Waals surface area contributed by atoms with Crippen LogP contribution in [0, 0.1) is 0 Å². The van der Waals surface area contributed by atoms with Crippen molar-refractivity contribution in [2.75, 3.05) is 0 Å². The molecular formula is C27H53N. The Bertz CT molecular complexity index is 331. The molecule has 0 aliphatic rings. The van der Waals surface area contributed by atoms with E-state index in [4.69, 9.17) is 5.73 Å². The normalized spacial score (nSPS) is 13.1.